The van der Waals surface area contributed by atoms with E-state index in [0.717, 1.165) is 31.1 Å². The van der Waals surface area contributed by atoms with Crippen molar-refractivity contribution >= 4 is 40.2 Å². The van der Waals surface area contributed by atoms with Gasteiger partial charge in [0, 0.05) is 0 Å². The van der Waals surface area contributed by atoms with Gasteiger partial charge in [-0.05, 0) is 19.9 Å². The number of nitrogen functional groups attached to an aromatic ring is 1. The van der Waals surface area contributed by atoms with E-state index >= 15 is 0 Å². The quantitative estimate of drug-likeness (QED) is 0.390. The van der Waals surface area contributed by atoms with Crippen LogP contribution in [0.5, 0.6) is 5.75 Å². The Morgan fingerprint density at radius 1 is 1.14 bits per heavy atom. The maximum atomic E-state index is 13.0. The van der Waals surface area contributed by atoms with E-state index < -0.39 is 22.6 Å². The average Bonchev–Trinajstić information content (AvgIpc) is 2.84. The summed E-state index contributed by atoms with van der Waals surface area (Å²) >= 11 is 0. The summed E-state index contributed by atoms with van der Waals surface area (Å²) in [7, 11) is -4.02. The summed E-state index contributed by atoms with van der Waals surface area (Å²) in [6.07, 6.45) is 3.17. The van der Waals surface area contributed by atoms with Crippen molar-refractivity contribution in [2.45, 2.75) is 24.0 Å². The molecular weight excluding hydrogens is 497 g/mol. The second-order valence-corrected chi connectivity index (χ2v) is 16.1. The van der Waals surface area contributed by atoms with Crippen LogP contribution >= 0.6 is 7.49 Å². The van der Waals surface area contributed by atoms with E-state index in [1.165, 1.54) is 6.20 Å². The first-order valence-electron chi connectivity index (χ1n) is 11.9. The summed E-state index contributed by atoms with van der Waals surface area (Å²) in [5, 5.41) is 10.7. The van der Waals surface area contributed by atoms with Crippen LogP contribution in [-0.2, 0) is 9.84 Å². The molecule has 194 valence electrons. The number of ether oxygens (including phenoxy) is 1. The van der Waals surface area contributed by atoms with E-state index in [1.807, 2.05) is 24.9 Å². The average molecular weight is 532 g/mol. The van der Waals surface area contributed by atoms with E-state index in [4.69, 9.17) is 10.5 Å². The fourth-order valence-corrected chi connectivity index (χ4v) is 7.28. The second-order valence-electron chi connectivity index (χ2n) is 9.60. The molecule has 0 radical (unpaired) electrons. The Kier molecular flexibility index (Phi) is 7.41. The van der Waals surface area contributed by atoms with Crippen molar-refractivity contribution in [3.63, 3.8) is 0 Å². The minimum absolute atomic E-state index is 0.190. The number of hydrogen-bond acceptors (Lipinski definition) is 9. The van der Waals surface area contributed by atoms with Crippen LogP contribution in [0.1, 0.15) is 13.8 Å². The molecule has 0 bridgehead atoms. The Hall–Kier alpha value is -2.94. The number of rotatable bonds is 7. The number of aromatic nitrogens is 2. The number of methoxy groups -OCH3 is 1. The maximum absolute atomic E-state index is 13.0. The van der Waals surface area contributed by atoms with Crippen LogP contribution < -0.4 is 20.7 Å². The molecule has 2 heterocycles. The van der Waals surface area contributed by atoms with Crippen LogP contribution in [0.2, 0.25) is 0 Å². The molecule has 0 spiro atoms. The van der Waals surface area contributed by atoms with Crippen LogP contribution in [0.3, 0.4) is 0 Å². The summed E-state index contributed by atoms with van der Waals surface area (Å²) in [4.78, 5) is 12.9. The van der Waals surface area contributed by atoms with E-state index in [1.54, 1.807) is 45.2 Å². The molecule has 9 nitrogen and oxygen atoms in total. The number of nitrogens with one attached hydrogen (secondary N) is 1. The second kappa shape index (κ2) is 10.2. The molecule has 3 aromatic rings. The monoisotopic (exact) mass is 531 g/mol. The molecule has 1 saturated heterocycles. The Morgan fingerprint density at radius 3 is 2.50 bits per heavy atom. The van der Waals surface area contributed by atoms with Gasteiger partial charge in [0.1, 0.15) is 0 Å². The summed E-state index contributed by atoms with van der Waals surface area (Å²) in [6.45, 7) is 6.92. The summed E-state index contributed by atoms with van der Waals surface area (Å²) in [5.41, 5.74) is 9.52. The minimum atomic E-state index is -3.53. The summed E-state index contributed by atoms with van der Waals surface area (Å²) < 4.78 is 31.7. The predicted molar refractivity (Wildman–Crippen MR) is 149 cm³/mol. The van der Waals surface area contributed by atoms with Gasteiger partial charge in [0.25, 0.3) is 0 Å². The van der Waals surface area contributed by atoms with Gasteiger partial charge in [-0.15, -0.1) is 0 Å². The van der Waals surface area contributed by atoms with Gasteiger partial charge in [0.15, 0.2) is 9.84 Å². The van der Waals surface area contributed by atoms with Crippen LogP contribution in [0.15, 0.2) is 53.6 Å². The zero-order valence-electron chi connectivity index (χ0n) is 21.0. The number of anilines is 4. The molecule has 36 heavy (non-hydrogen) atoms. The van der Waals surface area contributed by atoms with Gasteiger partial charge in [-0.3, -0.25) is 0 Å². The van der Waals surface area contributed by atoms with Crippen LogP contribution in [0.4, 0.5) is 22.9 Å². The molecule has 4 N–H and O–H groups in total. The molecule has 2 aromatic carbocycles. The zero-order chi connectivity index (χ0) is 26.1. The topological polar surface area (TPSA) is 131 Å². The predicted octanol–water partition coefficient (Wildman–Crippen LogP) is 3.77. The van der Waals surface area contributed by atoms with Crippen molar-refractivity contribution < 1.29 is 18.0 Å². The van der Waals surface area contributed by atoms with Crippen molar-refractivity contribution in [3.05, 3.63) is 48.7 Å². The standard InChI is InChI=1S/C25H34N5O4PS/c1-17(2)36(32,33)23-8-6-5-7-20(23)28-21-16-27-29-25(26)24(21)19-10-9-18(15-22(19)34-3)30-11-13-35(4,31)14-12-30/h5-10,15-17,31,35H,11-14H2,1-4H3,(H3,26,28,29). The molecule has 1 aliphatic rings. The van der Waals surface area contributed by atoms with Gasteiger partial charge in [-0.2, -0.15) is 0 Å². The van der Waals surface area contributed by atoms with E-state index in [9.17, 15) is 13.3 Å². The van der Waals surface area contributed by atoms with Crippen molar-refractivity contribution in [3.8, 4) is 16.9 Å². The Balaban J connectivity index is 1.74. The normalized spacial score (nSPS) is 16.6. The van der Waals surface area contributed by atoms with Gasteiger partial charge in [-0.1, -0.05) is 12.1 Å². The number of nitrogens with zero attached hydrogens (tertiary/aromatic N) is 3. The van der Waals surface area contributed by atoms with Crippen molar-refractivity contribution in [1.82, 2.24) is 10.2 Å². The third-order valence-corrected chi connectivity index (χ3v) is 11.4. The van der Waals surface area contributed by atoms with E-state index in [0.29, 0.717) is 28.3 Å². The molecular formula is C25H34N5O4PS. The molecule has 1 aliphatic heterocycles. The molecule has 0 unspecified atom stereocenters. The third-order valence-electron chi connectivity index (χ3n) is 6.62. The summed E-state index contributed by atoms with van der Waals surface area (Å²) in [6, 6.07) is 12.7. The number of benzene rings is 2. The molecule has 0 amide bonds. The van der Waals surface area contributed by atoms with Gasteiger partial charge in [0.2, 0.25) is 0 Å². The fraction of sp³-hybridized carbons (Fsp3) is 0.360. The fourth-order valence-electron chi connectivity index (χ4n) is 4.33. The first-order valence-corrected chi connectivity index (χ1v) is 16.3. The van der Waals surface area contributed by atoms with Crippen LogP contribution in [0, 0.1) is 0 Å². The third kappa shape index (κ3) is 5.26. The molecule has 1 aromatic heterocycles. The van der Waals surface area contributed by atoms with Crippen LogP contribution in [0.25, 0.3) is 11.1 Å². The molecule has 4 rings (SSSR count). The number of sulfone groups is 1. The SMILES string of the molecule is COc1cc(N2CC[PH](C)(O)CC2)ccc1-c1c(Nc2ccccc2S(=O)(=O)C(C)C)cnnc1N. The first kappa shape index (κ1) is 26.1. The van der Waals surface area contributed by atoms with Crippen molar-refractivity contribution in [2.75, 3.05) is 55.1 Å². The zero-order valence-corrected chi connectivity index (χ0v) is 22.8. The van der Waals surface area contributed by atoms with Crippen LogP contribution in [-0.4, -0.2) is 67.9 Å². The molecule has 0 aliphatic carbocycles. The van der Waals surface area contributed by atoms with Gasteiger partial charge in [-0.25, -0.2) is 8.42 Å². The Labute approximate surface area is 213 Å². The number of nitrogens with two attached hydrogens (primary N) is 1. The van der Waals surface area contributed by atoms with Gasteiger partial charge in [0.05, 0.1) is 5.25 Å². The number of hydrogen-bond donors (Lipinski definition) is 3. The molecule has 1 fully saturated rings. The number of para-hydroxylation sites is 1. The Morgan fingerprint density at radius 2 is 1.83 bits per heavy atom. The molecule has 0 saturated carbocycles. The van der Waals surface area contributed by atoms with Gasteiger partial charge < -0.3 is 0 Å². The van der Waals surface area contributed by atoms with Crippen molar-refractivity contribution in [1.29, 1.82) is 0 Å². The van der Waals surface area contributed by atoms with E-state index in [2.05, 4.69) is 20.4 Å². The molecule has 0 atom stereocenters. The van der Waals surface area contributed by atoms with E-state index in [-0.39, 0.29) is 10.7 Å². The summed E-state index contributed by atoms with van der Waals surface area (Å²) in [5.74, 6) is 0.795. The molecule has 11 heteroatoms. The van der Waals surface area contributed by atoms with Gasteiger partial charge >= 0.3 is 158 Å². The van der Waals surface area contributed by atoms with Crippen molar-refractivity contribution in [2.24, 2.45) is 0 Å². The first-order chi connectivity index (χ1) is 17.0. The Bertz CT molecular complexity index is 1350.